The van der Waals surface area contributed by atoms with Crippen molar-refractivity contribution in [3.8, 4) is 5.75 Å². The first-order valence-corrected chi connectivity index (χ1v) is 8.80. The standard InChI is InChI=1S/C17H18ClN3O3S/c1-3-7-24-15-6-5-12(8-14(15)18)10-19-21-17-20-13(11-25-17)9-16(22)23-4-2/h3,5-6,8,10-11H,1,4,7,9H2,2H3,(H,20,21). The van der Waals surface area contributed by atoms with Crippen molar-refractivity contribution in [2.45, 2.75) is 13.3 Å². The van der Waals surface area contributed by atoms with Crippen molar-refractivity contribution in [1.82, 2.24) is 4.98 Å². The van der Waals surface area contributed by atoms with E-state index in [4.69, 9.17) is 21.1 Å². The van der Waals surface area contributed by atoms with Crippen LogP contribution in [0.1, 0.15) is 18.2 Å². The van der Waals surface area contributed by atoms with Gasteiger partial charge < -0.3 is 9.47 Å². The van der Waals surface area contributed by atoms with Crippen molar-refractivity contribution in [3.05, 3.63) is 52.5 Å². The third-order valence-corrected chi connectivity index (χ3v) is 3.96. The Morgan fingerprint density at radius 2 is 2.36 bits per heavy atom. The molecule has 0 amide bonds. The van der Waals surface area contributed by atoms with Gasteiger partial charge in [0, 0.05) is 5.38 Å². The number of nitrogens with one attached hydrogen (secondary N) is 1. The number of carbonyl (C=O) groups excluding carboxylic acids is 1. The van der Waals surface area contributed by atoms with Gasteiger partial charge in [0.1, 0.15) is 12.4 Å². The quantitative estimate of drug-likeness (QED) is 0.309. The smallest absolute Gasteiger partial charge is 0.311 e. The normalized spacial score (nSPS) is 10.6. The summed E-state index contributed by atoms with van der Waals surface area (Å²) >= 11 is 7.50. The van der Waals surface area contributed by atoms with Gasteiger partial charge in [0.15, 0.2) is 0 Å². The molecule has 2 rings (SSSR count). The van der Waals surface area contributed by atoms with Crippen LogP contribution in [0.2, 0.25) is 5.02 Å². The Labute approximate surface area is 155 Å². The van der Waals surface area contributed by atoms with Crippen LogP contribution in [-0.4, -0.2) is 30.4 Å². The first kappa shape index (κ1) is 19.0. The van der Waals surface area contributed by atoms with Gasteiger partial charge in [-0.2, -0.15) is 5.10 Å². The number of ether oxygens (including phenoxy) is 2. The van der Waals surface area contributed by atoms with Crippen LogP contribution in [0, 0.1) is 0 Å². The zero-order valence-electron chi connectivity index (χ0n) is 13.7. The fourth-order valence-electron chi connectivity index (χ4n) is 1.82. The molecule has 0 aliphatic rings. The molecule has 0 atom stereocenters. The Morgan fingerprint density at radius 1 is 1.52 bits per heavy atom. The van der Waals surface area contributed by atoms with E-state index in [1.807, 2.05) is 6.07 Å². The third kappa shape index (κ3) is 6.21. The molecule has 0 saturated heterocycles. The van der Waals surface area contributed by atoms with Crippen LogP contribution >= 0.6 is 22.9 Å². The second-order valence-electron chi connectivity index (χ2n) is 4.79. The number of hydrogen-bond acceptors (Lipinski definition) is 7. The summed E-state index contributed by atoms with van der Waals surface area (Å²) in [5, 5.41) is 6.99. The highest BCUT2D eigenvalue weighted by Crippen LogP contribution is 2.25. The number of hydrogen-bond donors (Lipinski definition) is 1. The molecule has 0 unspecified atom stereocenters. The van der Waals surface area contributed by atoms with E-state index in [-0.39, 0.29) is 12.4 Å². The summed E-state index contributed by atoms with van der Waals surface area (Å²) in [6.07, 6.45) is 3.42. The lowest BCUT2D eigenvalue weighted by atomic mass is 10.2. The first-order valence-electron chi connectivity index (χ1n) is 7.54. The second-order valence-corrected chi connectivity index (χ2v) is 6.05. The van der Waals surface area contributed by atoms with Crippen LogP contribution in [0.4, 0.5) is 5.13 Å². The van der Waals surface area contributed by atoms with E-state index >= 15 is 0 Å². The van der Waals surface area contributed by atoms with Crippen LogP contribution in [0.5, 0.6) is 5.75 Å². The molecule has 0 spiro atoms. The van der Waals surface area contributed by atoms with E-state index in [0.717, 1.165) is 5.56 Å². The average Bonchev–Trinajstić information content (AvgIpc) is 3.01. The van der Waals surface area contributed by atoms with Gasteiger partial charge >= 0.3 is 5.97 Å². The molecule has 0 radical (unpaired) electrons. The number of rotatable bonds is 9. The highest BCUT2D eigenvalue weighted by atomic mass is 35.5. The average molecular weight is 380 g/mol. The van der Waals surface area contributed by atoms with Crippen molar-refractivity contribution in [1.29, 1.82) is 0 Å². The van der Waals surface area contributed by atoms with Gasteiger partial charge in [-0.25, -0.2) is 4.98 Å². The number of halogens is 1. The lowest BCUT2D eigenvalue weighted by molar-refractivity contribution is -0.142. The minimum atomic E-state index is -0.295. The molecule has 0 bridgehead atoms. The van der Waals surface area contributed by atoms with Gasteiger partial charge in [-0.05, 0) is 30.7 Å². The Balaban J connectivity index is 1.90. The number of hydrazone groups is 1. The minimum Gasteiger partial charge on any atom is -0.488 e. The molecule has 1 aromatic heterocycles. The Bertz CT molecular complexity index is 761. The Hall–Kier alpha value is -2.38. The number of aromatic nitrogens is 1. The zero-order chi connectivity index (χ0) is 18.1. The molecule has 0 aliphatic carbocycles. The molecule has 1 aromatic carbocycles. The van der Waals surface area contributed by atoms with Crippen LogP contribution in [0.3, 0.4) is 0 Å². The third-order valence-electron chi connectivity index (χ3n) is 2.87. The van der Waals surface area contributed by atoms with Crippen LogP contribution in [-0.2, 0) is 16.0 Å². The largest absolute Gasteiger partial charge is 0.488 e. The molecule has 6 nitrogen and oxygen atoms in total. The van der Waals surface area contributed by atoms with Gasteiger partial charge in [-0.1, -0.05) is 24.3 Å². The van der Waals surface area contributed by atoms with E-state index in [9.17, 15) is 4.79 Å². The van der Waals surface area contributed by atoms with Crippen LogP contribution < -0.4 is 10.2 Å². The highest BCUT2D eigenvalue weighted by molar-refractivity contribution is 7.13. The number of thiazole rings is 1. The van der Waals surface area contributed by atoms with Crippen molar-refractivity contribution >= 4 is 40.3 Å². The summed E-state index contributed by atoms with van der Waals surface area (Å²) in [5.41, 5.74) is 4.28. The van der Waals surface area contributed by atoms with E-state index in [1.165, 1.54) is 11.3 Å². The molecule has 0 saturated carbocycles. The highest BCUT2D eigenvalue weighted by Gasteiger charge is 2.08. The molecule has 132 valence electrons. The second kappa shape index (κ2) is 9.80. The van der Waals surface area contributed by atoms with Gasteiger partial charge in [0.25, 0.3) is 0 Å². The van der Waals surface area contributed by atoms with E-state index in [0.29, 0.717) is 34.8 Å². The van der Waals surface area contributed by atoms with Crippen molar-refractivity contribution in [2.75, 3.05) is 18.6 Å². The molecule has 2 aromatic rings. The first-order chi connectivity index (χ1) is 12.1. The molecule has 0 aliphatic heterocycles. The van der Waals surface area contributed by atoms with E-state index < -0.39 is 0 Å². The summed E-state index contributed by atoms with van der Waals surface area (Å²) in [5.74, 6) is 0.298. The monoisotopic (exact) mass is 379 g/mol. The minimum absolute atomic E-state index is 0.150. The van der Waals surface area contributed by atoms with Gasteiger partial charge in [-0.15, -0.1) is 11.3 Å². The van der Waals surface area contributed by atoms with E-state index in [2.05, 4.69) is 22.1 Å². The summed E-state index contributed by atoms with van der Waals surface area (Å²) in [4.78, 5) is 15.7. The summed E-state index contributed by atoms with van der Waals surface area (Å²) < 4.78 is 10.3. The number of anilines is 1. The fraction of sp³-hybridized carbons (Fsp3) is 0.235. The predicted molar refractivity (Wildman–Crippen MR) is 101 cm³/mol. The van der Waals surface area contributed by atoms with Crippen LogP contribution in [0.15, 0.2) is 41.3 Å². The number of carbonyl (C=O) groups is 1. The van der Waals surface area contributed by atoms with Crippen molar-refractivity contribution in [2.24, 2.45) is 5.10 Å². The molecule has 25 heavy (non-hydrogen) atoms. The predicted octanol–water partition coefficient (Wildman–Crippen LogP) is 3.91. The van der Waals surface area contributed by atoms with Crippen molar-refractivity contribution < 1.29 is 14.3 Å². The maximum Gasteiger partial charge on any atom is 0.311 e. The maximum atomic E-state index is 11.4. The maximum absolute atomic E-state index is 11.4. The van der Waals surface area contributed by atoms with Gasteiger partial charge in [-0.3, -0.25) is 10.2 Å². The number of benzene rings is 1. The topological polar surface area (TPSA) is 72.8 Å². The number of nitrogens with zero attached hydrogens (tertiary/aromatic N) is 2. The lowest BCUT2D eigenvalue weighted by Crippen LogP contribution is -2.07. The SMILES string of the molecule is C=CCOc1ccc(C=NNc2nc(CC(=O)OCC)cs2)cc1Cl. The summed E-state index contributed by atoms with van der Waals surface area (Å²) in [6.45, 7) is 6.11. The molecule has 8 heteroatoms. The molecular weight excluding hydrogens is 362 g/mol. The van der Waals surface area contributed by atoms with Gasteiger partial charge in [0.05, 0.1) is 30.0 Å². The van der Waals surface area contributed by atoms with E-state index in [1.54, 1.807) is 36.7 Å². The van der Waals surface area contributed by atoms with Crippen LogP contribution in [0.25, 0.3) is 0 Å². The molecule has 1 heterocycles. The summed E-state index contributed by atoms with van der Waals surface area (Å²) in [7, 11) is 0. The molecule has 1 N–H and O–H groups in total. The fourth-order valence-corrected chi connectivity index (χ4v) is 2.73. The lowest BCUT2D eigenvalue weighted by Gasteiger charge is -2.05. The summed E-state index contributed by atoms with van der Waals surface area (Å²) in [6, 6.07) is 5.36. The van der Waals surface area contributed by atoms with Crippen molar-refractivity contribution in [3.63, 3.8) is 0 Å². The molecule has 0 fully saturated rings. The zero-order valence-corrected chi connectivity index (χ0v) is 15.3. The number of esters is 1. The Kier molecular flexibility index (Phi) is 7.43. The molecular formula is C17H18ClN3O3S. The van der Waals surface area contributed by atoms with Gasteiger partial charge in [0.2, 0.25) is 5.13 Å². The Morgan fingerprint density at radius 3 is 3.08 bits per heavy atom.